The van der Waals surface area contributed by atoms with Crippen molar-refractivity contribution >= 4 is 5.91 Å². The topological polar surface area (TPSA) is 52.3 Å². The number of carbonyl (C=O) groups excluding carboxylic acids is 1. The van der Waals surface area contributed by atoms with E-state index >= 15 is 0 Å². The first kappa shape index (κ1) is 7.85. The molecule has 60 valence electrons. The number of primary amides is 1. The molecular weight excluding hydrogens is 142 g/mol. The fraction of sp³-hybridized carbons (Fsp3) is 0.375. The van der Waals surface area contributed by atoms with Crippen LogP contribution < -0.4 is 5.73 Å². The third kappa shape index (κ3) is 2.89. The Morgan fingerprint density at radius 2 is 2.64 bits per heavy atom. The van der Waals surface area contributed by atoms with Gasteiger partial charge < -0.3 is 10.5 Å². The van der Waals surface area contributed by atoms with Gasteiger partial charge in [-0.3, -0.25) is 4.79 Å². The van der Waals surface area contributed by atoms with E-state index < -0.39 is 0 Å². The SMILES string of the molecule is NC(=O)CCC1=CCOC=C1.[H+]. The molecule has 0 aromatic heterocycles. The Kier molecular flexibility index (Phi) is 2.72. The second-order valence-electron chi connectivity index (χ2n) is 2.38. The maximum Gasteiger partial charge on any atom is 1.00 e. The van der Waals surface area contributed by atoms with Crippen molar-refractivity contribution < 1.29 is 11.0 Å². The lowest BCUT2D eigenvalue weighted by molar-refractivity contribution is -0.117. The van der Waals surface area contributed by atoms with Gasteiger partial charge in [-0.05, 0) is 24.1 Å². The number of nitrogens with two attached hydrogens (primary N) is 1. The molecule has 2 N–H and O–H groups in total. The highest BCUT2D eigenvalue weighted by Crippen LogP contribution is 2.09. The van der Waals surface area contributed by atoms with Crippen molar-refractivity contribution in [1.82, 2.24) is 0 Å². The van der Waals surface area contributed by atoms with Crippen LogP contribution in [0.1, 0.15) is 14.3 Å². The van der Waals surface area contributed by atoms with Crippen LogP contribution in [0.2, 0.25) is 0 Å². The van der Waals surface area contributed by atoms with E-state index in [-0.39, 0.29) is 7.33 Å². The molecule has 1 amide bonds. The third-order valence-corrected chi connectivity index (χ3v) is 1.48. The predicted octanol–water partition coefficient (Wildman–Crippen LogP) is 0.835. The van der Waals surface area contributed by atoms with E-state index in [0.29, 0.717) is 13.0 Å². The smallest absolute Gasteiger partial charge is 0.497 e. The summed E-state index contributed by atoms with van der Waals surface area (Å²) in [4.78, 5) is 10.4. The Morgan fingerprint density at radius 1 is 1.82 bits per heavy atom. The van der Waals surface area contributed by atoms with Crippen LogP contribution >= 0.6 is 0 Å². The molecule has 0 bridgehead atoms. The molecule has 0 unspecified atom stereocenters. The quantitative estimate of drug-likeness (QED) is 0.654. The first-order chi connectivity index (χ1) is 5.29. The second-order valence-corrected chi connectivity index (χ2v) is 2.38. The summed E-state index contributed by atoms with van der Waals surface area (Å²) in [6, 6.07) is 0. The molecule has 1 aliphatic heterocycles. The maximum absolute atomic E-state index is 10.4. The first-order valence-electron chi connectivity index (χ1n) is 3.54. The van der Waals surface area contributed by atoms with Crippen molar-refractivity contribution in [1.29, 1.82) is 0 Å². The van der Waals surface area contributed by atoms with E-state index in [1.165, 1.54) is 0 Å². The highest BCUT2D eigenvalue weighted by atomic mass is 16.5. The average Bonchev–Trinajstić information content (AvgIpc) is 2.03. The van der Waals surface area contributed by atoms with Gasteiger partial charge in [0.25, 0.3) is 0 Å². The monoisotopic (exact) mass is 154 g/mol. The highest BCUT2D eigenvalue weighted by Gasteiger charge is 1.99. The van der Waals surface area contributed by atoms with Crippen LogP contribution in [0.5, 0.6) is 0 Å². The molecule has 0 atom stereocenters. The summed E-state index contributed by atoms with van der Waals surface area (Å²) in [6.45, 7) is 0.602. The number of hydrogen-bond donors (Lipinski definition) is 1. The minimum Gasteiger partial charge on any atom is -0.497 e. The van der Waals surface area contributed by atoms with Crippen molar-refractivity contribution in [3.63, 3.8) is 0 Å². The molecule has 0 spiro atoms. The maximum atomic E-state index is 10.4. The van der Waals surface area contributed by atoms with Crippen LogP contribution in [0.4, 0.5) is 0 Å². The van der Waals surface area contributed by atoms with Gasteiger partial charge in [0.05, 0.1) is 6.26 Å². The zero-order valence-corrected chi connectivity index (χ0v) is 6.25. The summed E-state index contributed by atoms with van der Waals surface area (Å²) < 4.78 is 4.93. The van der Waals surface area contributed by atoms with Crippen LogP contribution in [0.3, 0.4) is 0 Å². The van der Waals surface area contributed by atoms with Crippen molar-refractivity contribution in [2.45, 2.75) is 12.8 Å². The van der Waals surface area contributed by atoms with Gasteiger partial charge in [0, 0.05) is 6.42 Å². The summed E-state index contributed by atoms with van der Waals surface area (Å²) in [5, 5.41) is 0. The van der Waals surface area contributed by atoms with E-state index in [4.69, 9.17) is 10.5 Å². The van der Waals surface area contributed by atoms with Crippen LogP contribution in [-0.4, -0.2) is 12.5 Å². The summed E-state index contributed by atoms with van der Waals surface area (Å²) in [5.41, 5.74) is 6.11. The van der Waals surface area contributed by atoms with Gasteiger partial charge in [-0.25, -0.2) is 0 Å². The Hall–Kier alpha value is -1.25. The Labute approximate surface area is 67.0 Å². The molecule has 0 aliphatic carbocycles. The lowest BCUT2D eigenvalue weighted by atomic mass is 10.1. The minimum atomic E-state index is -0.259. The number of ether oxygens (including phenoxy) is 1. The fourth-order valence-corrected chi connectivity index (χ4v) is 0.867. The van der Waals surface area contributed by atoms with Crippen LogP contribution in [0, 0.1) is 0 Å². The van der Waals surface area contributed by atoms with E-state index in [9.17, 15) is 4.79 Å². The van der Waals surface area contributed by atoms with E-state index in [0.717, 1.165) is 12.0 Å². The molecule has 3 heteroatoms. The molecule has 0 aromatic carbocycles. The van der Waals surface area contributed by atoms with Crippen molar-refractivity contribution in [2.75, 3.05) is 6.61 Å². The van der Waals surface area contributed by atoms with E-state index in [1.54, 1.807) is 6.26 Å². The zero-order valence-electron chi connectivity index (χ0n) is 7.25. The second kappa shape index (κ2) is 3.81. The lowest BCUT2D eigenvalue weighted by Crippen LogP contribution is -2.10. The molecule has 0 fully saturated rings. The molecule has 0 radical (unpaired) electrons. The molecule has 0 saturated heterocycles. The van der Waals surface area contributed by atoms with Crippen molar-refractivity contribution in [3.05, 3.63) is 24.0 Å². The van der Waals surface area contributed by atoms with Gasteiger partial charge in [0.2, 0.25) is 5.91 Å². The standard InChI is InChI=1S/C8H11NO2/c9-8(10)2-1-7-3-5-11-6-4-7/h3-5H,1-2,6H2,(H2,9,10)/p+1. The molecular formula is C8H12NO2+. The number of rotatable bonds is 3. The number of carbonyl (C=O) groups is 1. The van der Waals surface area contributed by atoms with Crippen LogP contribution in [0.15, 0.2) is 24.0 Å². The third-order valence-electron chi connectivity index (χ3n) is 1.48. The summed E-state index contributed by atoms with van der Waals surface area (Å²) in [7, 11) is 0. The summed E-state index contributed by atoms with van der Waals surface area (Å²) in [6.07, 6.45) is 6.57. The molecule has 3 nitrogen and oxygen atoms in total. The number of amides is 1. The average molecular weight is 154 g/mol. The van der Waals surface area contributed by atoms with Gasteiger partial charge in [-0.2, -0.15) is 0 Å². The minimum absolute atomic E-state index is 0. The predicted molar refractivity (Wildman–Crippen MR) is 42.7 cm³/mol. The highest BCUT2D eigenvalue weighted by molar-refractivity contribution is 5.74. The van der Waals surface area contributed by atoms with Crippen molar-refractivity contribution in [2.24, 2.45) is 5.73 Å². The van der Waals surface area contributed by atoms with Gasteiger partial charge >= 0.3 is 1.43 Å². The van der Waals surface area contributed by atoms with Gasteiger partial charge in [0.15, 0.2) is 0 Å². The Balaban J connectivity index is 0.00000121. The molecule has 1 aliphatic rings. The largest absolute Gasteiger partial charge is 1.00 e. The van der Waals surface area contributed by atoms with Crippen LogP contribution in [0.25, 0.3) is 0 Å². The number of hydrogen-bond acceptors (Lipinski definition) is 2. The normalized spacial score (nSPS) is 15.5. The molecule has 11 heavy (non-hydrogen) atoms. The number of allylic oxidation sites excluding steroid dienone is 2. The van der Waals surface area contributed by atoms with Crippen LogP contribution in [-0.2, 0) is 9.53 Å². The van der Waals surface area contributed by atoms with Gasteiger partial charge in [-0.1, -0.05) is 0 Å². The molecule has 1 rings (SSSR count). The Morgan fingerprint density at radius 3 is 3.18 bits per heavy atom. The van der Waals surface area contributed by atoms with Gasteiger partial charge in [-0.15, -0.1) is 0 Å². The first-order valence-corrected chi connectivity index (χ1v) is 3.54. The fourth-order valence-electron chi connectivity index (χ4n) is 0.867. The molecule has 0 saturated carbocycles. The molecule has 1 heterocycles. The van der Waals surface area contributed by atoms with E-state index in [1.807, 2.05) is 12.2 Å². The zero-order chi connectivity index (χ0) is 8.10. The Bertz CT molecular complexity index is 211. The summed E-state index contributed by atoms with van der Waals surface area (Å²) in [5.74, 6) is -0.259. The van der Waals surface area contributed by atoms with Crippen molar-refractivity contribution in [3.8, 4) is 0 Å². The lowest BCUT2D eigenvalue weighted by Gasteiger charge is -2.05. The van der Waals surface area contributed by atoms with Gasteiger partial charge in [0.1, 0.15) is 6.61 Å². The molecule has 0 aromatic rings. The van der Waals surface area contributed by atoms with E-state index in [2.05, 4.69) is 0 Å². The summed E-state index contributed by atoms with van der Waals surface area (Å²) >= 11 is 0.